The first kappa shape index (κ1) is 19.7. The maximum atomic E-state index is 12.5. The van der Waals surface area contributed by atoms with Crippen molar-refractivity contribution in [1.29, 1.82) is 0 Å². The van der Waals surface area contributed by atoms with Gasteiger partial charge in [-0.1, -0.05) is 50.2 Å². The molecule has 4 heteroatoms. The number of hydrogen-bond donors (Lipinski definition) is 0. The summed E-state index contributed by atoms with van der Waals surface area (Å²) in [6, 6.07) is 17.7. The van der Waals surface area contributed by atoms with Crippen LogP contribution in [0.5, 0.6) is 0 Å². The molecular formula is C22H26O4. The van der Waals surface area contributed by atoms with Crippen LogP contribution in [0.3, 0.4) is 0 Å². The van der Waals surface area contributed by atoms with E-state index in [9.17, 15) is 9.59 Å². The van der Waals surface area contributed by atoms with Gasteiger partial charge in [0.05, 0.1) is 11.1 Å². The van der Waals surface area contributed by atoms with Gasteiger partial charge in [0.1, 0.15) is 12.2 Å². The van der Waals surface area contributed by atoms with E-state index in [0.717, 1.165) is 12.8 Å². The second-order valence-corrected chi connectivity index (χ2v) is 6.29. The molecule has 138 valence electrons. The molecule has 0 bridgehead atoms. The molecule has 2 unspecified atom stereocenters. The van der Waals surface area contributed by atoms with E-state index in [-0.39, 0.29) is 5.92 Å². The SMILES string of the molecule is CCC(CC)C(OC(=O)c1ccccc1)C(C)OC(=O)c1ccccc1. The summed E-state index contributed by atoms with van der Waals surface area (Å²) in [5.74, 6) is -0.698. The molecule has 0 saturated carbocycles. The van der Waals surface area contributed by atoms with E-state index in [2.05, 4.69) is 0 Å². The highest BCUT2D eigenvalue weighted by Crippen LogP contribution is 2.23. The number of ether oxygens (including phenoxy) is 2. The Kier molecular flexibility index (Phi) is 7.39. The Morgan fingerprint density at radius 2 is 1.19 bits per heavy atom. The monoisotopic (exact) mass is 354 g/mol. The van der Waals surface area contributed by atoms with Crippen molar-refractivity contribution in [2.24, 2.45) is 5.92 Å². The van der Waals surface area contributed by atoms with Crippen LogP contribution < -0.4 is 0 Å². The molecule has 0 aliphatic carbocycles. The number of esters is 2. The van der Waals surface area contributed by atoms with Gasteiger partial charge in [-0.25, -0.2) is 9.59 Å². The number of hydrogen-bond acceptors (Lipinski definition) is 4. The Hall–Kier alpha value is -2.62. The normalized spacial score (nSPS) is 13.1. The molecule has 0 spiro atoms. The Bertz CT molecular complexity index is 693. The van der Waals surface area contributed by atoms with Gasteiger partial charge in [0, 0.05) is 0 Å². The van der Waals surface area contributed by atoms with Gasteiger partial charge in [-0.3, -0.25) is 0 Å². The highest BCUT2D eigenvalue weighted by molar-refractivity contribution is 5.90. The minimum Gasteiger partial charge on any atom is -0.455 e. The van der Waals surface area contributed by atoms with Gasteiger partial charge in [0.15, 0.2) is 0 Å². The van der Waals surface area contributed by atoms with Crippen LogP contribution >= 0.6 is 0 Å². The summed E-state index contributed by atoms with van der Waals surface area (Å²) in [6.07, 6.45) is 0.623. The van der Waals surface area contributed by atoms with E-state index in [1.807, 2.05) is 26.0 Å². The summed E-state index contributed by atoms with van der Waals surface area (Å²) in [5.41, 5.74) is 0.974. The van der Waals surface area contributed by atoms with E-state index in [1.165, 1.54) is 0 Å². The van der Waals surface area contributed by atoms with Crippen molar-refractivity contribution in [3.05, 3.63) is 71.8 Å². The lowest BCUT2D eigenvalue weighted by molar-refractivity contribution is -0.0516. The van der Waals surface area contributed by atoms with Crippen LogP contribution in [0.4, 0.5) is 0 Å². The average Bonchev–Trinajstić information content (AvgIpc) is 2.69. The zero-order valence-corrected chi connectivity index (χ0v) is 15.6. The second kappa shape index (κ2) is 9.76. The standard InChI is InChI=1S/C22H26O4/c1-4-17(5-2)20(26-22(24)19-14-10-7-11-15-19)16(3)25-21(23)18-12-8-6-9-13-18/h6-17,20H,4-5H2,1-3H3. The van der Waals surface area contributed by atoms with Crippen LogP contribution in [0.1, 0.15) is 54.3 Å². The number of rotatable bonds is 8. The van der Waals surface area contributed by atoms with Crippen molar-refractivity contribution in [2.45, 2.75) is 45.8 Å². The van der Waals surface area contributed by atoms with Crippen molar-refractivity contribution >= 4 is 11.9 Å². The molecule has 0 aliphatic rings. The molecule has 0 amide bonds. The fraction of sp³-hybridized carbons (Fsp3) is 0.364. The van der Waals surface area contributed by atoms with E-state index >= 15 is 0 Å². The zero-order valence-electron chi connectivity index (χ0n) is 15.6. The molecule has 2 aromatic rings. The maximum absolute atomic E-state index is 12.5. The molecule has 0 aliphatic heterocycles. The number of carbonyl (C=O) groups excluding carboxylic acids is 2. The fourth-order valence-electron chi connectivity index (χ4n) is 2.97. The molecule has 0 N–H and O–H groups in total. The third-order valence-corrected chi connectivity index (χ3v) is 4.53. The van der Waals surface area contributed by atoms with Gasteiger partial charge >= 0.3 is 11.9 Å². The molecule has 0 aromatic heterocycles. The van der Waals surface area contributed by atoms with E-state index in [4.69, 9.17) is 9.47 Å². The highest BCUT2D eigenvalue weighted by atomic mass is 16.6. The van der Waals surface area contributed by atoms with E-state index in [1.54, 1.807) is 55.5 Å². The van der Waals surface area contributed by atoms with Crippen LogP contribution in [0.25, 0.3) is 0 Å². The van der Waals surface area contributed by atoms with Gasteiger partial charge in [-0.05, 0) is 49.9 Å². The van der Waals surface area contributed by atoms with Crippen molar-refractivity contribution in [2.75, 3.05) is 0 Å². The first-order valence-corrected chi connectivity index (χ1v) is 9.08. The Morgan fingerprint density at radius 3 is 1.62 bits per heavy atom. The van der Waals surface area contributed by atoms with Crippen LogP contribution in [-0.4, -0.2) is 24.1 Å². The third-order valence-electron chi connectivity index (χ3n) is 4.53. The van der Waals surface area contributed by atoms with Crippen molar-refractivity contribution in [3.63, 3.8) is 0 Å². The van der Waals surface area contributed by atoms with Gasteiger partial charge in [0.25, 0.3) is 0 Å². The predicted octanol–water partition coefficient (Wildman–Crippen LogP) is 4.89. The van der Waals surface area contributed by atoms with E-state index < -0.39 is 24.1 Å². The van der Waals surface area contributed by atoms with Gasteiger partial charge in [0.2, 0.25) is 0 Å². The van der Waals surface area contributed by atoms with Crippen molar-refractivity contribution in [1.82, 2.24) is 0 Å². The van der Waals surface area contributed by atoms with Crippen LogP contribution in [0.15, 0.2) is 60.7 Å². The average molecular weight is 354 g/mol. The van der Waals surface area contributed by atoms with Gasteiger partial charge in [-0.2, -0.15) is 0 Å². The molecule has 0 heterocycles. The Balaban J connectivity index is 2.13. The van der Waals surface area contributed by atoms with Crippen molar-refractivity contribution < 1.29 is 19.1 Å². The second-order valence-electron chi connectivity index (χ2n) is 6.29. The molecule has 2 atom stereocenters. The molecule has 2 aromatic carbocycles. The smallest absolute Gasteiger partial charge is 0.338 e. The molecule has 0 fully saturated rings. The van der Waals surface area contributed by atoms with E-state index in [0.29, 0.717) is 11.1 Å². The highest BCUT2D eigenvalue weighted by Gasteiger charge is 2.31. The molecular weight excluding hydrogens is 328 g/mol. The Labute approximate surface area is 155 Å². The predicted molar refractivity (Wildman–Crippen MR) is 101 cm³/mol. The first-order valence-electron chi connectivity index (χ1n) is 9.08. The summed E-state index contributed by atoms with van der Waals surface area (Å²) in [5, 5.41) is 0. The number of benzene rings is 2. The fourth-order valence-corrected chi connectivity index (χ4v) is 2.97. The van der Waals surface area contributed by atoms with Gasteiger partial charge in [-0.15, -0.1) is 0 Å². The summed E-state index contributed by atoms with van der Waals surface area (Å²) < 4.78 is 11.4. The molecule has 0 saturated heterocycles. The summed E-state index contributed by atoms with van der Waals surface area (Å²) in [7, 11) is 0. The molecule has 26 heavy (non-hydrogen) atoms. The lowest BCUT2D eigenvalue weighted by Gasteiger charge is -2.30. The Morgan fingerprint density at radius 1 is 0.769 bits per heavy atom. The third kappa shape index (κ3) is 5.19. The topological polar surface area (TPSA) is 52.6 Å². The van der Waals surface area contributed by atoms with Crippen molar-refractivity contribution in [3.8, 4) is 0 Å². The minimum absolute atomic E-state index is 0.112. The van der Waals surface area contributed by atoms with Gasteiger partial charge < -0.3 is 9.47 Å². The summed E-state index contributed by atoms with van der Waals surface area (Å²) in [4.78, 5) is 24.8. The molecule has 4 nitrogen and oxygen atoms in total. The molecule has 0 radical (unpaired) electrons. The quantitative estimate of drug-likeness (QED) is 0.633. The summed E-state index contributed by atoms with van der Waals surface area (Å²) >= 11 is 0. The van der Waals surface area contributed by atoms with Crippen LogP contribution in [0, 0.1) is 5.92 Å². The lowest BCUT2D eigenvalue weighted by Crippen LogP contribution is -2.38. The summed E-state index contributed by atoms with van der Waals surface area (Å²) in [6.45, 7) is 5.87. The lowest BCUT2D eigenvalue weighted by atomic mass is 9.93. The largest absolute Gasteiger partial charge is 0.455 e. The van der Waals surface area contributed by atoms with Crippen LogP contribution in [-0.2, 0) is 9.47 Å². The molecule has 2 rings (SSSR count). The maximum Gasteiger partial charge on any atom is 0.338 e. The number of carbonyl (C=O) groups is 2. The first-order chi connectivity index (χ1) is 12.6. The van der Waals surface area contributed by atoms with Crippen LogP contribution in [0.2, 0.25) is 0 Å². The minimum atomic E-state index is -0.541. The zero-order chi connectivity index (χ0) is 18.9.